The Morgan fingerprint density at radius 1 is 1.29 bits per heavy atom. The number of methoxy groups -OCH3 is 1. The van der Waals surface area contributed by atoms with Gasteiger partial charge in [-0.25, -0.2) is 0 Å². The summed E-state index contributed by atoms with van der Waals surface area (Å²) in [5.41, 5.74) is -0.225. The van der Waals surface area contributed by atoms with Crippen LogP contribution in [0.15, 0.2) is 48.3 Å². The highest BCUT2D eigenvalue weighted by Gasteiger charge is 2.16. The fourth-order valence-electron chi connectivity index (χ4n) is 2.06. The summed E-state index contributed by atoms with van der Waals surface area (Å²) in [7, 11) is 1.59. The molecule has 1 aliphatic rings. The molecule has 0 spiro atoms. The lowest BCUT2D eigenvalue weighted by molar-refractivity contribution is 0.104. The van der Waals surface area contributed by atoms with Gasteiger partial charge in [0.25, 0.3) is 0 Å². The molecule has 1 aliphatic carbocycles. The number of phenolic OH excluding ortho intramolecular Hbond substituents is 3. The normalized spacial score (nSPS) is 17.8. The molecule has 2 rings (SSSR count). The molecule has 3 N–H and O–H groups in total. The average molecular weight is 288 g/mol. The van der Waals surface area contributed by atoms with Crippen LogP contribution in [0.25, 0.3) is 0 Å². The van der Waals surface area contributed by atoms with Crippen molar-refractivity contribution in [2.45, 2.75) is 6.42 Å². The van der Waals surface area contributed by atoms with E-state index in [1.807, 2.05) is 18.2 Å². The van der Waals surface area contributed by atoms with Gasteiger partial charge in [-0.3, -0.25) is 4.79 Å². The number of aromatic hydroxyl groups is 3. The third-order valence-corrected chi connectivity index (χ3v) is 3.16. The minimum absolute atomic E-state index is 0.0502. The van der Waals surface area contributed by atoms with Gasteiger partial charge in [-0.15, -0.1) is 0 Å². The van der Waals surface area contributed by atoms with Crippen molar-refractivity contribution in [3.05, 3.63) is 53.8 Å². The summed E-state index contributed by atoms with van der Waals surface area (Å²) in [6.45, 7) is 0. The second-order valence-corrected chi connectivity index (χ2v) is 4.65. The molecule has 0 fully saturated rings. The fraction of sp³-hybridized carbons (Fsp3) is 0.188. The third-order valence-electron chi connectivity index (χ3n) is 3.16. The molecular formula is C16H16O5. The molecule has 0 bridgehead atoms. The van der Waals surface area contributed by atoms with E-state index in [1.165, 1.54) is 6.08 Å². The summed E-state index contributed by atoms with van der Waals surface area (Å²) in [4.78, 5) is 12.0. The Bertz CT molecular complexity index is 617. The molecule has 0 aromatic heterocycles. The third kappa shape index (κ3) is 3.45. The van der Waals surface area contributed by atoms with E-state index in [1.54, 1.807) is 13.2 Å². The van der Waals surface area contributed by atoms with Crippen LogP contribution in [0.2, 0.25) is 0 Å². The highest BCUT2D eigenvalue weighted by atomic mass is 16.5. The Kier molecular flexibility index (Phi) is 4.33. The number of carbonyl (C=O) groups excluding carboxylic acids is 1. The maximum Gasteiger partial charge on any atom is 0.193 e. The van der Waals surface area contributed by atoms with E-state index in [2.05, 4.69) is 0 Å². The standard InChI is InChI=1S/C16H16O5/c1-21-12-5-2-10(3-6-12)4-7-13(18)16-14(19)8-11(17)9-15(16)20/h2,4-10,17,19-20H,3H2,1H3/b7-4+. The zero-order chi connectivity index (χ0) is 15.4. The summed E-state index contributed by atoms with van der Waals surface area (Å²) >= 11 is 0. The molecule has 1 unspecified atom stereocenters. The van der Waals surface area contributed by atoms with Crippen molar-refractivity contribution in [1.82, 2.24) is 0 Å². The highest BCUT2D eigenvalue weighted by Crippen LogP contribution is 2.32. The van der Waals surface area contributed by atoms with Crippen LogP contribution in [0.1, 0.15) is 16.8 Å². The number of allylic oxidation sites excluding steroid dienone is 5. The predicted molar refractivity (Wildman–Crippen MR) is 77.2 cm³/mol. The number of rotatable bonds is 4. The van der Waals surface area contributed by atoms with Gasteiger partial charge in [0.05, 0.1) is 7.11 Å². The Labute approximate surface area is 122 Å². The minimum Gasteiger partial charge on any atom is -0.508 e. The predicted octanol–water partition coefficient (Wildman–Crippen LogP) is 2.65. The molecule has 0 radical (unpaired) electrons. The Balaban J connectivity index is 2.11. The highest BCUT2D eigenvalue weighted by molar-refractivity contribution is 6.08. The quantitative estimate of drug-likeness (QED) is 0.585. The van der Waals surface area contributed by atoms with Gasteiger partial charge in [-0.1, -0.05) is 12.2 Å². The van der Waals surface area contributed by atoms with E-state index < -0.39 is 17.3 Å². The second kappa shape index (κ2) is 6.17. The summed E-state index contributed by atoms with van der Waals surface area (Å²) in [5.74, 6) is -0.919. The van der Waals surface area contributed by atoms with E-state index >= 15 is 0 Å². The average Bonchev–Trinajstić information content (AvgIpc) is 2.44. The first kappa shape index (κ1) is 14.7. The van der Waals surface area contributed by atoms with Gasteiger partial charge in [0, 0.05) is 12.1 Å². The molecule has 5 heteroatoms. The SMILES string of the molecule is COC1=CCC(/C=C/C(=O)c2c(O)cc(O)cc2O)C=C1. The monoisotopic (exact) mass is 288 g/mol. The van der Waals surface area contributed by atoms with Gasteiger partial charge in [0.1, 0.15) is 28.6 Å². The lowest BCUT2D eigenvalue weighted by Crippen LogP contribution is -2.00. The molecule has 0 amide bonds. The lowest BCUT2D eigenvalue weighted by atomic mass is 9.98. The number of hydrogen-bond acceptors (Lipinski definition) is 5. The van der Waals surface area contributed by atoms with Crippen LogP contribution in [0, 0.1) is 5.92 Å². The topological polar surface area (TPSA) is 87.0 Å². The van der Waals surface area contributed by atoms with Gasteiger partial charge in [-0.2, -0.15) is 0 Å². The number of carbonyl (C=O) groups is 1. The van der Waals surface area contributed by atoms with Crippen LogP contribution in [0.3, 0.4) is 0 Å². The van der Waals surface area contributed by atoms with Crippen molar-refractivity contribution in [3.63, 3.8) is 0 Å². The van der Waals surface area contributed by atoms with Crippen molar-refractivity contribution >= 4 is 5.78 Å². The van der Waals surface area contributed by atoms with Gasteiger partial charge in [-0.05, 0) is 30.6 Å². The first-order chi connectivity index (χ1) is 10.0. The molecule has 1 aromatic carbocycles. The van der Waals surface area contributed by atoms with E-state index in [9.17, 15) is 20.1 Å². The second-order valence-electron chi connectivity index (χ2n) is 4.65. The van der Waals surface area contributed by atoms with Crippen molar-refractivity contribution in [1.29, 1.82) is 0 Å². The molecule has 0 heterocycles. The summed E-state index contributed by atoms with van der Waals surface area (Å²) in [6, 6.07) is 2.02. The van der Waals surface area contributed by atoms with Crippen molar-refractivity contribution in [3.8, 4) is 17.2 Å². The van der Waals surface area contributed by atoms with Crippen molar-refractivity contribution < 1.29 is 24.9 Å². The molecule has 1 aromatic rings. The molecule has 0 saturated carbocycles. The molecule has 0 saturated heterocycles. The van der Waals surface area contributed by atoms with Crippen LogP contribution < -0.4 is 0 Å². The molecule has 5 nitrogen and oxygen atoms in total. The molecule has 21 heavy (non-hydrogen) atoms. The van der Waals surface area contributed by atoms with Gasteiger partial charge in [0.15, 0.2) is 5.78 Å². The number of ether oxygens (including phenoxy) is 1. The summed E-state index contributed by atoms with van der Waals surface area (Å²) in [5, 5.41) is 28.5. The first-order valence-electron chi connectivity index (χ1n) is 6.41. The Morgan fingerprint density at radius 2 is 1.95 bits per heavy atom. The van der Waals surface area contributed by atoms with Gasteiger partial charge < -0.3 is 20.1 Å². The largest absolute Gasteiger partial charge is 0.508 e. The Morgan fingerprint density at radius 3 is 2.48 bits per heavy atom. The number of ketones is 1. The van der Waals surface area contributed by atoms with Crippen LogP contribution >= 0.6 is 0 Å². The van der Waals surface area contributed by atoms with E-state index in [0.29, 0.717) is 6.42 Å². The lowest BCUT2D eigenvalue weighted by Gasteiger charge is -2.11. The number of benzene rings is 1. The van der Waals surface area contributed by atoms with Crippen LogP contribution in [0.5, 0.6) is 17.2 Å². The first-order valence-corrected chi connectivity index (χ1v) is 6.41. The van der Waals surface area contributed by atoms with E-state index in [-0.39, 0.29) is 17.2 Å². The maximum absolute atomic E-state index is 12.0. The number of phenols is 3. The molecule has 1 atom stereocenters. The maximum atomic E-state index is 12.0. The fourth-order valence-corrected chi connectivity index (χ4v) is 2.06. The smallest absolute Gasteiger partial charge is 0.193 e. The molecular weight excluding hydrogens is 272 g/mol. The van der Waals surface area contributed by atoms with Gasteiger partial charge >= 0.3 is 0 Å². The zero-order valence-corrected chi connectivity index (χ0v) is 11.5. The van der Waals surface area contributed by atoms with E-state index in [4.69, 9.17) is 4.74 Å². The molecule has 110 valence electrons. The van der Waals surface area contributed by atoms with Crippen molar-refractivity contribution in [2.24, 2.45) is 5.92 Å². The van der Waals surface area contributed by atoms with Crippen LogP contribution in [-0.2, 0) is 4.74 Å². The molecule has 0 aliphatic heterocycles. The van der Waals surface area contributed by atoms with E-state index in [0.717, 1.165) is 17.9 Å². The summed E-state index contributed by atoms with van der Waals surface area (Å²) < 4.78 is 5.07. The van der Waals surface area contributed by atoms with Crippen molar-refractivity contribution in [2.75, 3.05) is 7.11 Å². The van der Waals surface area contributed by atoms with Gasteiger partial charge in [0.2, 0.25) is 0 Å². The zero-order valence-electron chi connectivity index (χ0n) is 11.5. The minimum atomic E-state index is -0.528. The van der Waals surface area contributed by atoms with Crippen LogP contribution in [0.4, 0.5) is 0 Å². The Hall–Kier alpha value is -2.69. The summed E-state index contributed by atoms with van der Waals surface area (Å²) in [6.07, 6.45) is 9.32. The number of hydrogen-bond donors (Lipinski definition) is 3. The van der Waals surface area contributed by atoms with Crippen LogP contribution in [-0.4, -0.2) is 28.2 Å².